The lowest BCUT2D eigenvalue weighted by Gasteiger charge is -2.20. The van der Waals surface area contributed by atoms with E-state index < -0.39 is 0 Å². The number of aryl methyl sites for hydroxylation is 1. The van der Waals surface area contributed by atoms with Gasteiger partial charge in [0.25, 0.3) is 0 Å². The number of hydrogen-bond acceptors (Lipinski definition) is 3. The van der Waals surface area contributed by atoms with Crippen LogP contribution in [0.4, 0.5) is 0 Å². The monoisotopic (exact) mass is 235 g/mol. The second-order valence-electron chi connectivity index (χ2n) is 4.78. The van der Waals surface area contributed by atoms with Crippen molar-refractivity contribution in [3.63, 3.8) is 0 Å². The minimum Gasteiger partial charge on any atom is -0.507 e. The maximum Gasteiger partial charge on any atom is 0.122 e. The predicted molar refractivity (Wildman–Crippen MR) is 68.1 cm³/mol. The second kappa shape index (κ2) is 5.52. The van der Waals surface area contributed by atoms with Gasteiger partial charge in [-0.3, -0.25) is 0 Å². The Morgan fingerprint density at radius 1 is 1.41 bits per heavy atom. The van der Waals surface area contributed by atoms with Gasteiger partial charge in [0, 0.05) is 25.3 Å². The summed E-state index contributed by atoms with van der Waals surface area (Å²) in [6.45, 7) is 2.63. The SMILES string of the molecule is COC1CCCC1NCc1cccc(C)c1O. The van der Waals surface area contributed by atoms with Gasteiger partial charge in [0.05, 0.1) is 6.10 Å². The van der Waals surface area contributed by atoms with Crippen LogP contribution in [0.15, 0.2) is 18.2 Å². The molecule has 0 saturated heterocycles. The second-order valence-corrected chi connectivity index (χ2v) is 4.78. The lowest BCUT2D eigenvalue weighted by molar-refractivity contribution is 0.0846. The Morgan fingerprint density at radius 3 is 3.00 bits per heavy atom. The molecule has 1 aliphatic rings. The van der Waals surface area contributed by atoms with Crippen molar-refractivity contribution in [1.82, 2.24) is 5.32 Å². The largest absolute Gasteiger partial charge is 0.507 e. The topological polar surface area (TPSA) is 41.5 Å². The summed E-state index contributed by atoms with van der Waals surface area (Å²) in [5.74, 6) is 0.409. The Bertz CT molecular complexity index is 378. The van der Waals surface area contributed by atoms with E-state index in [4.69, 9.17) is 4.74 Å². The van der Waals surface area contributed by atoms with Crippen LogP contribution in [0, 0.1) is 6.92 Å². The fourth-order valence-corrected chi connectivity index (χ4v) is 2.55. The third kappa shape index (κ3) is 2.79. The molecule has 2 atom stereocenters. The van der Waals surface area contributed by atoms with Crippen LogP contribution in [-0.4, -0.2) is 24.4 Å². The summed E-state index contributed by atoms with van der Waals surface area (Å²) < 4.78 is 5.44. The van der Waals surface area contributed by atoms with Gasteiger partial charge in [0.2, 0.25) is 0 Å². The number of rotatable bonds is 4. The number of phenolic OH excluding ortho intramolecular Hbond substituents is 1. The van der Waals surface area contributed by atoms with E-state index in [1.807, 2.05) is 25.1 Å². The molecule has 2 rings (SSSR count). The van der Waals surface area contributed by atoms with E-state index in [9.17, 15) is 5.11 Å². The summed E-state index contributed by atoms with van der Waals surface area (Å²) in [4.78, 5) is 0. The van der Waals surface area contributed by atoms with Crippen molar-refractivity contribution in [3.8, 4) is 5.75 Å². The highest BCUT2D eigenvalue weighted by atomic mass is 16.5. The molecule has 0 radical (unpaired) electrons. The zero-order chi connectivity index (χ0) is 12.3. The minimum absolute atomic E-state index is 0.321. The quantitative estimate of drug-likeness (QED) is 0.841. The van der Waals surface area contributed by atoms with Crippen LogP contribution in [0.3, 0.4) is 0 Å². The van der Waals surface area contributed by atoms with Gasteiger partial charge in [-0.05, 0) is 31.7 Å². The molecule has 1 aromatic rings. The van der Waals surface area contributed by atoms with E-state index in [0.29, 0.717) is 24.4 Å². The number of para-hydroxylation sites is 1. The first-order valence-electron chi connectivity index (χ1n) is 6.26. The van der Waals surface area contributed by atoms with Gasteiger partial charge in [-0.15, -0.1) is 0 Å². The average Bonchev–Trinajstić information content (AvgIpc) is 2.78. The first kappa shape index (κ1) is 12.4. The predicted octanol–water partition coefficient (Wildman–Crippen LogP) is 2.36. The lowest BCUT2D eigenvalue weighted by Crippen LogP contribution is -2.36. The molecule has 0 aromatic heterocycles. The van der Waals surface area contributed by atoms with Gasteiger partial charge in [-0.2, -0.15) is 0 Å². The van der Waals surface area contributed by atoms with E-state index >= 15 is 0 Å². The third-order valence-corrected chi connectivity index (χ3v) is 3.63. The molecule has 0 heterocycles. The Hall–Kier alpha value is -1.06. The van der Waals surface area contributed by atoms with E-state index in [1.54, 1.807) is 7.11 Å². The third-order valence-electron chi connectivity index (χ3n) is 3.63. The molecule has 94 valence electrons. The molecule has 0 spiro atoms. The molecule has 0 bridgehead atoms. The summed E-state index contributed by atoms with van der Waals surface area (Å²) in [5, 5.41) is 13.4. The molecule has 0 aliphatic heterocycles. The van der Waals surface area contributed by atoms with Gasteiger partial charge in [0.1, 0.15) is 5.75 Å². The van der Waals surface area contributed by atoms with Crippen LogP contribution in [0.5, 0.6) is 5.75 Å². The fraction of sp³-hybridized carbons (Fsp3) is 0.571. The number of ether oxygens (including phenoxy) is 1. The van der Waals surface area contributed by atoms with Crippen LogP contribution in [0.1, 0.15) is 30.4 Å². The van der Waals surface area contributed by atoms with Gasteiger partial charge in [0.15, 0.2) is 0 Å². The van der Waals surface area contributed by atoms with Gasteiger partial charge in [-0.1, -0.05) is 18.2 Å². The van der Waals surface area contributed by atoms with E-state index in [0.717, 1.165) is 24.0 Å². The van der Waals surface area contributed by atoms with Crippen molar-refractivity contribution in [1.29, 1.82) is 0 Å². The van der Waals surface area contributed by atoms with Crippen LogP contribution < -0.4 is 5.32 Å². The summed E-state index contributed by atoms with van der Waals surface area (Å²) in [5.41, 5.74) is 1.89. The van der Waals surface area contributed by atoms with Gasteiger partial charge in [-0.25, -0.2) is 0 Å². The number of benzene rings is 1. The molecule has 0 amide bonds. The van der Waals surface area contributed by atoms with Crippen LogP contribution in [-0.2, 0) is 11.3 Å². The molecule has 17 heavy (non-hydrogen) atoms. The molecule has 2 unspecified atom stereocenters. The van der Waals surface area contributed by atoms with E-state index in [1.165, 1.54) is 6.42 Å². The normalized spacial score (nSPS) is 24.1. The molecular weight excluding hydrogens is 214 g/mol. The highest BCUT2D eigenvalue weighted by molar-refractivity contribution is 5.39. The zero-order valence-electron chi connectivity index (χ0n) is 10.6. The van der Waals surface area contributed by atoms with E-state index in [2.05, 4.69) is 5.32 Å². The van der Waals surface area contributed by atoms with Crippen molar-refractivity contribution in [2.45, 2.75) is 44.9 Å². The Labute approximate surface area is 103 Å². The molecule has 1 fully saturated rings. The van der Waals surface area contributed by atoms with Crippen LogP contribution in [0.2, 0.25) is 0 Å². The van der Waals surface area contributed by atoms with Crippen molar-refractivity contribution in [3.05, 3.63) is 29.3 Å². The number of aromatic hydroxyl groups is 1. The Balaban J connectivity index is 1.95. The van der Waals surface area contributed by atoms with Gasteiger partial charge < -0.3 is 15.2 Å². The standard InChI is InChI=1S/C14H21NO2/c1-10-5-3-6-11(14(10)16)9-15-12-7-4-8-13(12)17-2/h3,5-6,12-13,15-16H,4,7-9H2,1-2H3. The molecule has 1 saturated carbocycles. The highest BCUT2D eigenvalue weighted by Crippen LogP contribution is 2.24. The summed E-state index contributed by atoms with van der Waals surface area (Å²) in [7, 11) is 1.77. The van der Waals surface area contributed by atoms with Gasteiger partial charge >= 0.3 is 0 Å². The highest BCUT2D eigenvalue weighted by Gasteiger charge is 2.26. The van der Waals surface area contributed by atoms with Crippen molar-refractivity contribution in [2.75, 3.05) is 7.11 Å². The smallest absolute Gasteiger partial charge is 0.122 e. The van der Waals surface area contributed by atoms with Crippen molar-refractivity contribution >= 4 is 0 Å². The number of hydrogen-bond donors (Lipinski definition) is 2. The summed E-state index contributed by atoms with van der Waals surface area (Å²) >= 11 is 0. The maximum atomic E-state index is 9.92. The number of phenols is 1. The van der Waals surface area contributed by atoms with Crippen LogP contribution in [0.25, 0.3) is 0 Å². The van der Waals surface area contributed by atoms with Crippen molar-refractivity contribution < 1.29 is 9.84 Å². The average molecular weight is 235 g/mol. The molecule has 2 N–H and O–H groups in total. The first-order chi connectivity index (χ1) is 8.22. The number of methoxy groups -OCH3 is 1. The molecular formula is C14H21NO2. The fourth-order valence-electron chi connectivity index (χ4n) is 2.55. The Morgan fingerprint density at radius 2 is 2.24 bits per heavy atom. The zero-order valence-corrected chi connectivity index (χ0v) is 10.6. The summed E-state index contributed by atoms with van der Waals surface area (Å²) in [6, 6.07) is 6.28. The van der Waals surface area contributed by atoms with Crippen molar-refractivity contribution in [2.24, 2.45) is 0 Å². The molecule has 1 aromatic carbocycles. The molecule has 3 heteroatoms. The van der Waals surface area contributed by atoms with Crippen LogP contribution >= 0.6 is 0 Å². The minimum atomic E-state index is 0.321. The molecule has 1 aliphatic carbocycles. The lowest BCUT2D eigenvalue weighted by atomic mass is 10.1. The first-order valence-corrected chi connectivity index (χ1v) is 6.26. The Kier molecular flexibility index (Phi) is 4.02. The molecule has 3 nitrogen and oxygen atoms in total. The maximum absolute atomic E-state index is 9.92. The van der Waals surface area contributed by atoms with E-state index in [-0.39, 0.29) is 0 Å². The summed E-state index contributed by atoms with van der Waals surface area (Å²) in [6.07, 6.45) is 3.83. The number of nitrogens with one attached hydrogen (secondary N) is 1.